The van der Waals surface area contributed by atoms with Crippen LogP contribution in [0.1, 0.15) is 12.0 Å². The summed E-state index contributed by atoms with van der Waals surface area (Å²) < 4.78 is 2.94. The van der Waals surface area contributed by atoms with Crippen LogP contribution in [-0.4, -0.2) is 17.1 Å². The third-order valence-corrected chi connectivity index (χ3v) is 3.25. The van der Waals surface area contributed by atoms with Crippen molar-refractivity contribution >= 4 is 40.4 Å². The van der Waals surface area contributed by atoms with Crippen LogP contribution >= 0.6 is 34.5 Å². The predicted octanol–water partition coefficient (Wildman–Crippen LogP) is 2.67. The highest BCUT2D eigenvalue weighted by atomic mass is 127. The molecule has 1 aromatic rings. The van der Waals surface area contributed by atoms with Gasteiger partial charge in [-0.25, -0.2) is 0 Å². The molecule has 0 amide bonds. The van der Waals surface area contributed by atoms with Crippen LogP contribution in [0.2, 0.25) is 5.02 Å². The van der Waals surface area contributed by atoms with E-state index < -0.39 is 5.97 Å². The molecule has 0 bridgehead atoms. The van der Waals surface area contributed by atoms with Crippen LogP contribution < -0.4 is 3.53 Å². The topological polar surface area (TPSA) is 49.3 Å². The molecule has 0 aliphatic heterocycles. The fraction of sp³-hybridized carbons (Fsp3) is 0.300. The summed E-state index contributed by atoms with van der Waals surface area (Å²) in [6.07, 6.45) is 0.711. The Morgan fingerprint density at radius 1 is 1.53 bits per heavy atom. The largest absolute Gasteiger partial charge is 0.481 e. The Bertz CT molecular complexity index is 346. The number of nitrogens with one attached hydrogen (secondary N) is 1. The quantitative estimate of drug-likeness (QED) is 0.640. The van der Waals surface area contributed by atoms with Crippen molar-refractivity contribution in [2.45, 2.75) is 18.9 Å². The Morgan fingerprint density at radius 3 is 2.73 bits per heavy atom. The molecule has 82 valence electrons. The van der Waals surface area contributed by atoms with E-state index in [1.54, 1.807) is 0 Å². The Balaban J connectivity index is 2.66. The molecule has 2 N–H and O–H groups in total. The van der Waals surface area contributed by atoms with E-state index in [0.29, 0.717) is 11.4 Å². The van der Waals surface area contributed by atoms with E-state index >= 15 is 0 Å². The molecule has 3 nitrogen and oxygen atoms in total. The molecule has 0 saturated carbocycles. The molecule has 0 fully saturated rings. The van der Waals surface area contributed by atoms with Crippen molar-refractivity contribution in [2.75, 3.05) is 0 Å². The maximum atomic E-state index is 10.6. The lowest BCUT2D eigenvalue weighted by molar-refractivity contribution is -0.137. The first-order chi connectivity index (χ1) is 7.13. The molecule has 0 spiro atoms. The summed E-state index contributed by atoms with van der Waals surface area (Å²) in [7, 11) is 0. The second-order valence-electron chi connectivity index (χ2n) is 3.20. The molecule has 5 heteroatoms. The van der Waals surface area contributed by atoms with Crippen molar-refractivity contribution in [1.29, 1.82) is 0 Å². The molecule has 0 heterocycles. The van der Waals surface area contributed by atoms with E-state index in [2.05, 4.69) is 3.53 Å². The summed E-state index contributed by atoms with van der Waals surface area (Å²) >= 11 is 7.95. The van der Waals surface area contributed by atoms with Crippen molar-refractivity contribution < 1.29 is 9.90 Å². The van der Waals surface area contributed by atoms with Gasteiger partial charge in [-0.15, -0.1) is 0 Å². The van der Waals surface area contributed by atoms with Gasteiger partial charge >= 0.3 is 5.97 Å². The molecule has 0 saturated heterocycles. The zero-order valence-electron chi connectivity index (χ0n) is 7.91. The number of rotatable bonds is 5. The minimum atomic E-state index is -0.809. The van der Waals surface area contributed by atoms with Gasteiger partial charge in [0, 0.05) is 33.9 Å². The van der Waals surface area contributed by atoms with Gasteiger partial charge in [-0.3, -0.25) is 8.32 Å². The van der Waals surface area contributed by atoms with Gasteiger partial charge in [-0.2, -0.15) is 0 Å². The molecular formula is C10H11ClINO2. The lowest BCUT2D eigenvalue weighted by atomic mass is 10.0. The standard InChI is InChI=1S/C10H11ClINO2/c11-9-4-2-1-3-7(9)5-8(13-12)6-10(14)15/h1-4,8,13H,5-6H2,(H,14,15). The van der Waals surface area contributed by atoms with Crippen LogP contribution in [0, 0.1) is 0 Å². The predicted molar refractivity (Wildman–Crippen MR) is 68.4 cm³/mol. The second kappa shape index (κ2) is 6.30. The summed E-state index contributed by atoms with van der Waals surface area (Å²) in [5, 5.41) is 9.37. The normalized spacial score (nSPS) is 12.4. The number of halogens is 2. The Hall–Kier alpha value is -0.330. The monoisotopic (exact) mass is 339 g/mol. The number of hydrogen-bond acceptors (Lipinski definition) is 2. The highest BCUT2D eigenvalue weighted by molar-refractivity contribution is 14.1. The van der Waals surface area contributed by atoms with Crippen LogP contribution in [0.25, 0.3) is 0 Å². The Labute approximate surface area is 107 Å². The smallest absolute Gasteiger partial charge is 0.304 e. The van der Waals surface area contributed by atoms with Crippen molar-refractivity contribution in [3.63, 3.8) is 0 Å². The average molecular weight is 340 g/mol. The van der Waals surface area contributed by atoms with Crippen molar-refractivity contribution in [1.82, 2.24) is 3.53 Å². The molecule has 15 heavy (non-hydrogen) atoms. The Morgan fingerprint density at radius 2 is 2.20 bits per heavy atom. The van der Waals surface area contributed by atoms with Gasteiger partial charge < -0.3 is 5.11 Å². The van der Waals surface area contributed by atoms with Crippen LogP contribution in [-0.2, 0) is 11.2 Å². The van der Waals surface area contributed by atoms with Crippen LogP contribution in [0.4, 0.5) is 0 Å². The summed E-state index contributed by atoms with van der Waals surface area (Å²) in [5.41, 5.74) is 0.967. The maximum absolute atomic E-state index is 10.6. The first kappa shape index (κ1) is 12.7. The molecule has 0 aliphatic carbocycles. The van der Waals surface area contributed by atoms with Gasteiger partial charge in [0.15, 0.2) is 0 Å². The molecule has 1 unspecified atom stereocenters. The molecule has 0 aromatic heterocycles. The van der Waals surface area contributed by atoms with E-state index in [9.17, 15) is 4.79 Å². The molecule has 0 aliphatic rings. The average Bonchev–Trinajstić information content (AvgIpc) is 2.19. The minimum absolute atomic E-state index is 0.0914. The Kier molecular flexibility index (Phi) is 5.35. The van der Waals surface area contributed by atoms with Gasteiger partial charge in [-0.1, -0.05) is 29.8 Å². The highest BCUT2D eigenvalue weighted by Crippen LogP contribution is 2.17. The molecule has 1 aromatic carbocycles. The van der Waals surface area contributed by atoms with Crippen molar-refractivity contribution in [2.24, 2.45) is 0 Å². The van der Waals surface area contributed by atoms with Gasteiger partial charge in [0.1, 0.15) is 0 Å². The first-order valence-electron chi connectivity index (χ1n) is 4.45. The van der Waals surface area contributed by atoms with E-state index in [0.717, 1.165) is 5.56 Å². The summed E-state index contributed by atoms with van der Waals surface area (Å²) in [6.45, 7) is 0. The van der Waals surface area contributed by atoms with Gasteiger partial charge in [-0.05, 0) is 18.1 Å². The van der Waals surface area contributed by atoms with Crippen LogP contribution in [0.5, 0.6) is 0 Å². The summed E-state index contributed by atoms with van der Waals surface area (Å²) in [4.78, 5) is 10.6. The van der Waals surface area contributed by atoms with E-state index in [1.807, 2.05) is 47.1 Å². The fourth-order valence-electron chi connectivity index (χ4n) is 1.29. The number of benzene rings is 1. The number of hydrogen-bond donors (Lipinski definition) is 2. The van der Waals surface area contributed by atoms with E-state index in [-0.39, 0.29) is 12.5 Å². The lowest BCUT2D eigenvalue weighted by Gasteiger charge is -2.13. The van der Waals surface area contributed by atoms with Crippen LogP contribution in [0.15, 0.2) is 24.3 Å². The maximum Gasteiger partial charge on any atom is 0.304 e. The minimum Gasteiger partial charge on any atom is -0.481 e. The second-order valence-corrected chi connectivity index (χ2v) is 4.23. The first-order valence-corrected chi connectivity index (χ1v) is 5.90. The SMILES string of the molecule is O=C(O)CC(Cc1ccccc1Cl)NI. The zero-order valence-corrected chi connectivity index (χ0v) is 10.8. The van der Waals surface area contributed by atoms with Gasteiger partial charge in [0.25, 0.3) is 0 Å². The van der Waals surface area contributed by atoms with Crippen LogP contribution in [0.3, 0.4) is 0 Å². The van der Waals surface area contributed by atoms with Crippen molar-refractivity contribution in [3.8, 4) is 0 Å². The highest BCUT2D eigenvalue weighted by Gasteiger charge is 2.13. The molecule has 1 rings (SSSR count). The van der Waals surface area contributed by atoms with Gasteiger partial charge in [0.2, 0.25) is 0 Å². The molecule has 0 radical (unpaired) electrons. The number of aliphatic carboxylic acids is 1. The number of carboxylic acids is 1. The third-order valence-electron chi connectivity index (χ3n) is 2.00. The summed E-state index contributed by atoms with van der Waals surface area (Å²) in [5.74, 6) is -0.809. The number of carboxylic acid groups (broad SMARTS) is 1. The molecule has 1 atom stereocenters. The third kappa shape index (κ3) is 4.36. The van der Waals surface area contributed by atoms with Crippen molar-refractivity contribution in [3.05, 3.63) is 34.9 Å². The summed E-state index contributed by atoms with van der Waals surface area (Å²) in [6, 6.07) is 7.37. The number of carbonyl (C=O) groups is 1. The molecular weight excluding hydrogens is 328 g/mol. The van der Waals surface area contributed by atoms with E-state index in [4.69, 9.17) is 16.7 Å². The van der Waals surface area contributed by atoms with E-state index in [1.165, 1.54) is 0 Å². The zero-order chi connectivity index (χ0) is 11.3. The van der Waals surface area contributed by atoms with Gasteiger partial charge in [0.05, 0.1) is 6.42 Å². The fourth-order valence-corrected chi connectivity index (χ4v) is 1.94. The lowest BCUT2D eigenvalue weighted by Crippen LogP contribution is -2.26.